The first-order valence-corrected chi connectivity index (χ1v) is 5.34. The average Bonchev–Trinajstić information content (AvgIpc) is 2.17. The number of nitrogens with zero attached hydrogens (tertiary/aromatic N) is 1. The van der Waals surface area contributed by atoms with Crippen LogP contribution in [0.15, 0.2) is 17.3 Å². The predicted octanol–water partition coefficient (Wildman–Crippen LogP) is 1.05. The van der Waals surface area contributed by atoms with Crippen molar-refractivity contribution in [2.45, 2.75) is 34.1 Å². The summed E-state index contributed by atoms with van der Waals surface area (Å²) in [6, 6.07) is 0. The van der Waals surface area contributed by atoms with Gasteiger partial charge in [-0.3, -0.25) is 4.79 Å². The van der Waals surface area contributed by atoms with Crippen LogP contribution in [-0.4, -0.2) is 16.9 Å². The minimum absolute atomic E-state index is 0.0163. The van der Waals surface area contributed by atoms with Crippen LogP contribution < -0.4 is 17.1 Å². The van der Waals surface area contributed by atoms with Crippen molar-refractivity contribution in [3.8, 4) is 0 Å². The number of hydrazone groups is 1. The normalized spacial score (nSPS) is 12.5. The molecule has 0 aromatic carbocycles. The molecule has 0 rings (SSSR count). The molecule has 0 bridgehead atoms. The summed E-state index contributed by atoms with van der Waals surface area (Å²) in [4.78, 5) is 10.7. The lowest BCUT2D eigenvalue weighted by atomic mass is 9.92. The lowest BCUT2D eigenvalue weighted by molar-refractivity contribution is -0.142. The molecule has 0 saturated heterocycles. The van der Waals surface area contributed by atoms with Gasteiger partial charge in [-0.05, 0) is 19.8 Å². The quantitative estimate of drug-likeness (QED) is 0.194. The Morgan fingerprint density at radius 2 is 1.88 bits per heavy atom. The van der Waals surface area contributed by atoms with E-state index in [9.17, 15) is 4.79 Å². The van der Waals surface area contributed by atoms with Crippen LogP contribution in [0.4, 0.5) is 0 Å². The second-order valence-corrected chi connectivity index (χ2v) is 4.32. The minimum atomic E-state index is -0.869. The first-order valence-electron chi connectivity index (χ1n) is 5.34. The number of carboxylic acid groups (broad SMARTS) is 1. The van der Waals surface area contributed by atoms with Gasteiger partial charge < -0.3 is 16.4 Å². The zero-order valence-corrected chi connectivity index (χ0v) is 11.0. The summed E-state index contributed by atoms with van der Waals surface area (Å²) in [6.07, 6.45) is 0.222. The molecule has 0 aromatic rings. The fourth-order valence-corrected chi connectivity index (χ4v) is 0.965. The van der Waals surface area contributed by atoms with Crippen molar-refractivity contribution >= 4 is 11.8 Å². The number of aliphatic carboxylic acids is 1. The zero-order valence-electron chi connectivity index (χ0n) is 11.0. The summed E-state index contributed by atoms with van der Waals surface area (Å²) in [7, 11) is 0. The van der Waals surface area contributed by atoms with Crippen LogP contribution in [0.3, 0.4) is 0 Å². The maximum absolute atomic E-state index is 10.7. The molecule has 0 aliphatic rings. The molecule has 0 amide bonds. The van der Waals surface area contributed by atoms with Gasteiger partial charge >= 0.3 is 5.97 Å². The number of hydrogen-bond donors (Lipinski definition) is 4. The van der Waals surface area contributed by atoms with Crippen LogP contribution in [0, 0.1) is 11.8 Å². The molecular formula is C11H24N4O2. The Morgan fingerprint density at radius 1 is 1.47 bits per heavy atom. The molecule has 0 aliphatic heterocycles. The number of nitrogens with two attached hydrogens (primary N) is 2. The molecule has 0 saturated carbocycles. The molecule has 6 N–H and O–H groups in total. The van der Waals surface area contributed by atoms with E-state index in [0.29, 0.717) is 5.84 Å². The summed E-state index contributed by atoms with van der Waals surface area (Å²) < 4.78 is 0. The van der Waals surface area contributed by atoms with Crippen LogP contribution in [-0.2, 0) is 4.79 Å². The second kappa shape index (κ2) is 9.65. The van der Waals surface area contributed by atoms with Gasteiger partial charge in [0.15, 0.2) is 0 Å². The van der Waals surface area contributed by atoms with Gasteiger partial charge in [0.05, 0.1) is 5.92 Å². The van der Waals surface area contributed by atoms with Gasteiger partial charge in [0.2, 0.25) is 0 Å². The van der Waals surface area contributed by atoms with Crippen molar-refractivity contribution in [1.82, 2.24) is 5.43 Å². The molecule has 0 aromatic heterocycles. The summed E-state index contributed by atoms with van der Waals surface area (Å²) in [6.45, 7) is 11.1. The molecule has 0 heterocycles. The van der Waals surface area contributed by atoms with E-state index in [2.05, 4.69) is 17.1 Å². The van der Waals surface area contributed by atoms with Crippen molar-refractivity contribution in [3.05, 3.63) is 12.2 Å². The summed E-state index contributed by atoms with van der Waals surface area (Å²) in [5, 5.41) is 12.1. The van der Waals surface area contributed by atoms with E-state index >= 15 is 0 Å². The number of carbonyl (C=O) groups is 1. The van der Waals surface area contributed by atoms with Crippen molar-refractivity contribution in [1.29, 1.82) is 0 Å². The van der Waals surface area contributed by atoms with Crippen LogP contribution in [0.25, 0.3) is 0 Å². The van der Waals surface area contributed by atoms with E-state index in [-0.39, 0.29) is 12.3 Å². The van der Waals surface area contributed by atoms with Crippen molar-refractivity contribution < 1.29 is 9.90 Å². The molecule has 0 spiro atoms. The van der Waals surface area contributed by atoms with E-state index < -0.39 is 11.9 Å². The number of hydrazine groups is 1. The van der Waals surface area contributed by atoms with E-state index in [0.717, 1.165) is 0 Å². The third-order valence-corrected chi connectivity index (χ3v) is 1.86. The predicted molar refractivity (Wildman–Crippen MR) is 70.0 cm³/mol. The fraction of sp³-hybridized carbons (Fsp3) is 0.636. The van der Waals surface area contributed by atoms with E-state index in [1.54, 1.807) is 0 Å². The van der Waals surface area contributed by atoms with Gasteiger partial charge in [0, 0.05) is 6.42 Å². The molecular weight excluding hydrogens is 220 g/mol. The van der Waals surface area contributed by atoms with Crippen molar-refractivity contribution in [2.75, 3.05) is 0 Å². The Hall–Kier alpha value is -1.56. The zero-order chi connectivity index (χ0) is 14.0. The van der Waals surface area contributed by atoms with Gasteiger partial charge in [0.1, 0.15) is 5.84 Å². The lowest BCUT2D eigenvalue weighted by Gasteiger charge is -2.16. The van der Waals surface area contributed by atoms with Crippen LogP contribution in [0.1, 0.15) is 34.1 Å². The summed E-state index contributed by atoms with van der Waals surface area (Å²) in [5.41, 5.74) is 3.42. The average molecular weight is 244 g/mol. The number of amidine groups is 1. The fourth-order valence-electron chi connectivity index (χ4n) is 0.965. The Morgan fingerprint density at radius 3 is 2.06 bits per heavy atom. The highest BCUT2D eigenvalue weighted by Crippen LogP contribution is 2.15. The van der Waals surface area contributed by atoms with Gasteiger partial charge in [0.25, 0.3) is 0 Å². The summed E-state index contributed by atoms with van der Waals surface area (Å²) >= 11 is 0. The molecule has 0 aliphatic carbocycles. The number of rotatable bonds is 4. The summed E-state index contributed by atoms with van der Waals surface area (Å²) in [5.74, 6) is 8.99. The third-order valence-electron chi connectivity index (χ3n) is 1.86. The monoisotopic (exact) mass is 244 g/mol. The second-order valence-electron chi connectivity index (χ2n) is 4.32. The van der Waals surface area contributed by atoms with Gasteiger partial charge in [-0.2, -0.15) is 5.10 Å². The van der Waals surface area contributed by atoms with E-state index in [4.69, 9.17) is 16.8 Å². The van der Waals surface area contributed by atoms with E-state index in [1.807, 2.05) is 27.7 Å². The van der Waals surface area contributed by atoms with E-state index in [1.165, 1.54) is 5.57 Å². The standard InChI is InChI=1S/C7H16N4O2.C4H8/c1-4(2)5(7(12)13)3-6(10-8)11-9;1-4(2)3/h4-5H,3,8-9H2,1-2H3,(H,10,11)(H,12,13);1H2,2-3H3. The first-order chi connectivity index (χ1) is 7.76. The minimum Gasteiger partial charge on any atom is -0.481 e. The molecule has 17 heavy (non-hydrogen) atoms. The Labute approximate surface area is 103 Å². The highest BCUT2D eigenvalue weighted by Gasteiger charge is 2.23. The van der Waals surface area contributed by atoms with Gasteiger partial charge in [-0.25, -0.2) is 5.84 Å². The van der Waals surface area contributed by atoms with Crippen molar-refractivity contribution in [3.63, 3.8) is 0 Å². The number of carboxylic acids is 1. The van der Waals surface area contributed by atoms with Gasteiger partial charge in [-0.15, -0.1) is 6.58 Å². The topological polar surface area (TPSA) is 114 Å². The molecule has 1 unspecified atom stereocenters. The maximum atomic E-state index is 10.7. The molecule has 0 fully saturated rings. The number of allylic oxidation sites excluding steroid dienone is 1. The van der Waals surface area contributed by atoms with Gasteiger partial charge in [-0.1, -0.05) is 19.4 Å². The molecule has 1 atom stereocenters. The highest BCUT2D eigenvalue weighted by molar-refractivity contribution is 5.85. The maximum Gasteiger partial charge on any atom is 0.307 e. The molecule has 0 radical (unpaired) electrons. The highest BCUT2D eigenvalue weighted by atomic mass is 16.4. The largest absolute Gasteiger partial charge is 0.481 e. The first kappa shape index (κ1) is 17.8. The SMILES string of the molecule is C=C(C)C.CC(C)C(C/C(=N/N)NN)C(=O)O. The lowest BCUT2D eigenvalue weighted by Crippen LogP contribution is -2.35. The Kier molecular flexibility index (Phi) is 10.1. The smallest absolute Gasteiger partial charge is 0.307 e. The van der Waals surface area contributed by atoms with Crippen LogP contribution in [0.2, 0.25) is 0 Å². The van der Waals surface area contributed by atoms with Crippen LogP contribution >= 0.6 is 0 Å². The van der Waals surface area contributed by atoms with Crippen molar-refractivity contribution in [2.24, 2.45) is 28.6 Å². The number of hydrogen-bond acceptors (Lipinski definition) is 4. The Balaban J connectivity index is 0. The third kappa shape index (κ3) is 10.7. The number of nitrogens with one attached hydrogen (secondary N) is 1. The van der Waals surface area contributed by atoms with Crippen LogP contribution in [0.5, 0.6) is 0 Å². The molecule has 100 valence electrons. The molecule has 6 nitrogen and oxygen atoms in total. The molecule has 6 heteroatoms. The Bertz CT molecular complexity index is 271.